The molecule has 4 rings (SSSR count). The first kappa shape index (κ1) is 18.5. The van der Waals surface area contributed by atoms with Gasteiger partial charge in [0.15, 0.2) is 0 Å². The van der Waals surface area contributed by atoms with Crippen LogP contribution in [0.4, 0.5) is 0 Å². The second-order valence-corrected chi connectivity index (χ2v) is 7.17. The van der Waals surface area contributed by atoms with Gasteiger partial charge in [0, 0.05) is 29.6 Å². The fraction of sp³-hybridized carbons (Fsp3) is 0.286. The molecule has 144 valence electrons. The van der Waals surface area contributed by atoms with Crippen molar-refractivity contribution in [1.82, 2.24) is 15.0 Å². The van der Waals surface area contributed by atoms with Gasteiger partial charge >= 0.3 is 0 Å². The third-order valence-corrected chi connectivity index (χ3v) is 5.23. The normalized spacial score (nSPS) is 14.9. The van der Waals surface area contributed by atoms with E-state index < -0.39 is 0 Å². The van der Waals surface area contributed by atoms with Crippen molar-refractivity contribution < 1.29 is 14.1 Å². The maximum Gasteiger partial charge on any atom is 0.257 e. The number of piperidine rings is 1. The number of carbonyl (C=O) groups is 1. The highest BCUT2D eigenvalue weighted by Crippen LogP contribution is 2.30. The van der Waals surface area contributed by atoms with E-state index >= 15 is 0 Å². The van der Waals surface area contributed by atoms with Crippen molar-refractivity contribution in [2.45, 2.75) is 18.8 Å². The number of carbonyl (C=O) groups excluding carboxylic acids is 1. The van der Waals surface area contributed by atoms with Gasteiger partial charge in [0.25, 0.3) is 5.91 Å². The largest absolute Gasteiger partial charge is 0.496 e. The minimum atomic E-state index is -0.0129. The molecule has 0 spiro atoms. The molecule has 0 saturated carbocycles. The van der Waals surface area contributed by atoms with Crippen LogP contribution in [-0.2, 0) is 0 Å². The first-order valence-corrected chi connectivity index (χ1v) is 9.55. The fourth-order valence-electron chi connectivity index (χ4n) is 3.47. The smallest absolute Gasteiger partial charge is 0.257 e. The number of para-hydroxylation sites is 1. The van der Waals surface area contributed by atoms with E-state index in [1.807, 2.05) is 35.2 Å². The van der Waals surface area contributed by atoms with Gasteiger partial charge in [-0.15, -0.1) is 0 Å². The first-order chi connectivity index (χ1) is 13.7. The number of amides is 1. The average Bonchev–Trinajstić information content (AvgIpc) is 3.24. The number of halogens is 1. The van der Waals surface area contributed by atoms with Crippen molar-refractivity contribution in [3.05, 3.63) is 65.0 Å². The molecule has 0 aliphatic carbocycles. The lowest BCUT2D eigenvalue weighted by atomic mass is 9.96. The van der Waals surface area contributed by atoms with Gasteiger partial charge in [-0.2, -0.15) is 4.98 Å². The Kier molecular flexibility index (Phi) is 5.30. The van der Waals surface area contributed by atoms with Crippen LogP contribution >= 0.6 is 11.6 Å². The Morgan fingerprint density at radius 3 is 2.71 bits per heavy atom. The Morgan fingerprint density at radius 2 is 1.96 bits per heavy atom. The predicted molar refractivity (Wildman–Crippen MR) is 106 cm³/mol. The van der Waals surface area contributed by atoms with E-state index in [0.29, 0.717) is 41.1 Å². The number of aromatic nitrogens is 2. The van der Waals surface area contributed by atoms with Gasteiger partial charge < -0.3 is 14.2 Å². The Balaban J connectivity index is 1.43. The molecule has 0 unspecified atom stereocenters. The Bertz CT molecular complexity index is 980. The summed E-state index contributed by atoms with van der Waals surface area (Å²) < 4.78 is 10.8. The molecule has 3 aromatic rings. The number of likely N-dealkylation sites (tertiary alicyclic amines) is 1. The minimum Gasteiger partial charge on any atom is -0.496 e. The third-order valence-electron chi connectivity index (χ3n) is 4.99. The molecule has 1 aliphatic rings. The molecule has 0 N–H and O–H groups in total. The molecule has 0 radical (unpaired) electrons. The van der Waals surface area contributed by atoms with Crippen molar-refractivity contribution in [2.24, 2.45) is 0 Å². The number of rotatable bonds is 4. The van der Waals surface area contributed by atoms with Gasteiger partial charge in [-0.1, -0.05) is 41.0 Å². The molecule has 2 aromatic carbocycles. The fourth-order valence-corrected chi connectivity index (χ4v) is 3.66. The Morgan fingerprint density at radius 1 is 1.18 bits per heavy atom. The zero-order valence-electron chi connectivity index (χ0n) is 15.5. The van der Waals surface area contributed by atoms with Crippen LogP contribution in [0.2, 0.25) is 5.02 Å². The maximum atomic E-state index is 12.8. The molecule has 2 heterocycles. The standard InChI is InChI=1S/C21H20ClN3O3/c1-27-18-8-3-2-7-17(18)21(26)25-11-9-14(10-12-25)20-23-19(24-28-20)15-5-4-6-16(22)13-15/h2-8,13-14H,9-12H2,1H3. The van der Waals surface area contributed by atoms with E-state index in [9.17, 15) is 4.79 Å². The number of benzene rings is 2. The molecule has 0 atom stereocenters. The summed E-state index contributed by atoms with van der Waals surface area (Å²) in [6, 6.07) is 14.7. The molecule has 1 amide bonds. The summed E-state index contributed by atoms with van der Waals surface area (Å²) in [5.74, 6) is 1.87. The zero-order valence-corrected chi connectivity index (χ0v) is 16.2. The van der Waals surface area contributed by atoms with Crippen LogP contribution in [0, 0.1) is 0 Å². The topological polar surface area (TPSA) is 68.5 Å². The van der Waals surface area contributed by atoms with Crippen LogP contribution in [0.1, 0.15) is 35.0 Å². The van der Waals surface area contributed by atoms with Crippen LogP contribution < -0.4 is 4.74 Å². The highest BCUT2D eigenvalue weighted by Gasteiger charge is 2.29. The van der Waals surface area contributed by atoms with Gasteiger partial charge in [-0.05, 0) is 37.1 Å². The summed E-state index contributed by atoms with van der Waals surface area (Å²) in [4.78, 5) is 19.2. The average molecular weight is 398 g/mol. The van der Waals surface area contributed by atoms with Gasteiger partial charge in [-0.25, -0.2) is 0 Å². The summed E-state index contributed by atoms with van der Waals surface area (Å²) >= 11 is 6.04. The van der Waals surface area contributed by atoms with E-state index in [-0.39, 0.29) is 11.8 Å². The van der Waals surface area contributed by atoms with Gasteiger partial charge in [-0.3, -0.25) is 4.79 Å². The molecule has 1 aliphatic heterocycles. The number of ether oxygens (including phenoxy) is 1. The Labute approximate surface area is 168 Å². The van der Waals surface area contributed by atoms with Crippen LogP contribution in [0.3, 0.4) is 0 Å². The molecule has 28 heavy (non-hydrogen) atoms. The molecule has 0 bridgehead atoms. The maximum absolute atomic E-state index is 12.8. The summed E-state index contributed by atoms with van der Waals surface area (Å²) in [6.45, 7) is 1.27. The predicted octanol–water partition coefficient (Wildman–Crippen LogP) is 4.42. The van der Waals surface area contributed by atoms with Crippen LogP contribution in [0.25, 0.3) is 11.4 Å². The Hall–Kier alpha value is -2.86. The zero-order chi connectivity index (χ0) is 19.5. The van der Waals surface area contributed by atoms with E-state index in [0.717, 1.165) is 18.4 Å². The van der Waals surface area contributed by atoms with Gasteiger partial charge in [0.1, 0.15) is 5.75 Å². The highest BCUT2D eigenvalue weighted by molar-refractivity contribution is 6.30. The highest BCUT2D eigenvalue weighted by atomic mass is 35.5. The molecular formula is C21H20ClN3O3. The molecule has 1 aromatic heterocycles. The number of hydrogen-bond donors (Lipinski definition) is 0. The van der Waals surface area contributed by atoms with Crippen molar-refractivity contribution in [3.8, 4) is 17.1 Å². The van der Waals surface area contributed by atoms with Crippen molar-refractivity contribution in [2.75, 3.05) is 20.2 Å². The molecule has 7 heteroatoms. The molecule has 1 saturated heterocycles. The monoisotopic (exact) mass is 397 g/mol. The SMILES string of the molecule is COc1ccccc1C(=O)N1CCC(c2nc(-c3cccc(Cl)c3)no2)CC1. The summed E-state index contributed by atoms with van der Waals surface area (Å²) in [5.41, 5.74) is 1.41. The second kappa shape index (κ2) is 8.02. The van der Waals surface area contributed by atoms with Crippen LogP contribution in [0.15, 0.2) is 53.1 Å². The van der Waals surface area contributed by atoms with Crippen LogP contribution in [-0.4, -0.2) is 41.1 Å². The van der Waals surface area contributed by atoms with E-state index in [2.05, 4.69) is 10.1 Å². The van der Waals surface area contributed by atoms with Crippen LogP contribution in [0.5, 0.6) is 5.75 Å². The van der Waals surface area contributed by atoms with Crippen molar-refractivity contribution >= 4 is 17.5 Å². The second-order valence-electron chi connectivity index (χ2n) is 6.73. The minimum absolute atomic E-state index is 0.0129. The molecule has 1 fully saturated rings. The number of hydrogen-bond acceptors (Lipinski definition) is 5. The quantitative estimate of drug-likeness (QED) is 0.651. The van der Waals surface area contributed by atoms with E-state index in [1.54, 1.807) is 25.3 Å². The van der Waals surface area contributed by atoms with E-state index in [4.69, 9.17) is 20.9 Å². The van der Waals surface area contributed by atoms with Gasteiger partial charge in [0.2, 0.25) is 11.7 Å². The summed E-state index contributed by atoms with van der Waals surface area (Å²) in [6.07, 6.45) is 1.55. The van der Waals surface area contributed by atoms with Crippen molar-refractivity contribution in [1.29, 1.82) is 0 Å². The van der Waals surface area contributed by atoms with Gasteiger partial charge in [0.05, 0.1) is 12.7 Å². The third kappa shape index (κ3) is 3.73. The van der Waals surface area contributed by atoms with Crippen molar-refractivity contribution in [3.63, 3.8) is 0 Å². The lowest BCUT2D eigenvalue weighted by Crippen LogP contribution is -2.38. The summed E-state index contributed by atoms with van der Waals surface area (Å²) in [5, 5.41) is 4.72. The lowest BCUT2D eigenvalue weighted by Gasteiger charge is -2.30. The lowest BCUT2D eigenvalue weighted by molar-refractivity contribution is 0.0701. The summed E-state index contributed by atoms with van der Waals surface area (Å²) in [7, 11) is 1.57. The molecular weight excluding hydrogens is 378 g/mol. The molecule has 6 nitrogen and oxygen atoms in total. The number of nitrogens with zero attached hydrogens (tertiary/aromatic N) is 3. The first-order valence-electron chi connectivity index (χ1n) is 9.17. The van der Waals surface area contributed by atoms with E-state index in [1.165, 1.54) is 0 Å². The number of methoxy groups -OCH3 is 1.